The third-order valence-electron chi connectivity index (χ3n) is 4.90. The molecule has 1 aliphatic rings. The molecule has 0 saturated heterocycles. The minimum atomic E-state index is -3.16. The minimum Gasteiger partial charge on any atom is -0.324 e. The van der Waals surface area contributed by atoms with E-state index in [2.05, 4.69) is 5.32 Å². The summed E-state index contributed by atoms with van der Waals surface area (Å²) < 4.78 is 25.3. The van der Waals surface area contributed by atoms with E-state index in [4.69, 9.17) is 5.73 Å². The van der Waals surface area contributed by atoms with E-state index in [0.29, 0.717) is 17.7 Å². The molecule has 5 nitrogen and oxygen atoms in total. The molecule has 1 fully saturated rings. The molecule has 1 aromatic rings. The van der Waals surface area contributed by atoms with E-state index in [-0.39, 0.29) is 29.3 Å². The number of carbonyl (C=O) groups excluding carboxylic acids is 1. The Labute approximate surface area is 163 Å². The van der Waals surface area contributed by atoms with Gasteiger partial charge in [-0.25, -0.2) is 8.42 Å². The Kier molecular flexibility index (Phi) is 8.57. The van der Waals surface area contributed by atoms with Crippen molar-refractivity contribution in [3.05, 3.63) is 29.8 Å². The van der Waals surface area contributed by atoms with Crippen LogP contribution in [-0.4, -0.2) is 25.1 Å². The fraction of sp³-hybridized carbons (Fsp3) is 0.632. The zero-order valence-corrected chi connectivity index (χ0v) is 17.3. The molecule has 1 saturated carbocycles. The quantitative estimate of drug-likeness (QED) is 0.725. The number of nitrogens with two attached hydrogens (primary N) is 1. The molecular weight excluding hydrogens is 372 g/mol. The molecule has 1 aliphatic carbocycles. The van der Waals surface area contributed by atoms with Gasteiger partial charge in [0.15, 0.2) is 9.84 Å². The predicted molar refractivity (Wildman–Crippen MR) is 109 cm³/mol. The van der Waals surface area contributed by atoms with Crippen molar-refractivity contribution in [2.45, 2.75) is 75.3 Å². The number of rotatable bonds is 7. The first kappa shape index (κ1) is 22.9. The van der Waals surface area contributed by atoms with Crippen LogP contribution in [0.5, 0.6) is 0 Å². The number of sulfone groups is 1. The second kappa shape index (κ2) is 9.72. The van der Waals surface area contributed by atoms with Gasteiger partial charge in [0, 0.05) is 5.69 Å². The van der Waals surface area contributed by atoms with Gasteiger partial charge in [-0.15, -0.1) is 12.4 Å². The first-order valence-corrected chi connectivity index (χ1v) is 10.9. The van der Waals surface area contributed by atoms with Gasteiger partial charge in [-0.3, -0.25) is 4.79 Å². The molecular formula is C19H31ClN2O3S. The van der Waals surface area contributed by atoms with Crippen LogP contribution in [0.3, 0.4) is 0 Å². The molecule has 7 heteroatoms. The highest BCUT2D eigenvalue weighted by Gasteiger charge is 2.28. The molecule has 1 unspecified atom stereocenters. The van der Waals surface area contributed by atoms with Crippen LogP contribution in [0.2, 0.25) is 0 Å². The maximum absolute atomic E-state index is 12.6. The van der Waals surface area contributed by atoms with Crippen molar-refractivity contribution >= 4 is 33.8 Å². The van der Waals surface area contributed by atoms with Crippen LogP contribution in [0, 0.1) is 0 Å². The van der Waals surface area contributed by atoms with E-state index in [9.17, 15) is 13.2 Å². The SMILES string of the molecule is CCCC(C)(N)C(=O)Nc1cccc(CS(=O)(=O)C2CCCCC2)c1.Cl. The number of hydrogen-bond donors (Lipinski definition) is 2. The fourth-order valence-electron chi connectivity index (χ4n) is 3.42. The highest BCUT2D eigenvalue weighted by atomic mass is 35.5. The molecule has 0 aliphatic heterocycles. The molecule has 0 radical (unpaired) electrons. The number of benzene rings is 1. The zero-order chi connectivity index (χ0) is 18.5. The average molecular weight is 403 g/mol. The molecule has 148 valence electrons. The minimum absolute atomic E-state index is 0. The molecule has 2 rings (SSSR count). The molecule has 0 spiro atoms. The number of anilines is 1. The van der Waals surface area contributed by atoms with Crippen LogP contribution in [-0.2, 0) is 20.4 Å². The van der Waals surface area contributed by atoms with Crippen LogP contribution >= 0.6 is 12.4 Å². The summed E-state index contributed by atoms with van der Waals surface area (Å²) in [6, 6.07) is 7.07. The predicted octanol–water partition coefficient (Wildman–Crippen LogP) is 3.81. The smallest absolute Gasteiger partial charge is 0.244 e. The molecule has 26 heavy (non-hydrogen) atoms. The first-order chi connectivity index (χ1) is 11.7. The largest absolute Gasteiger partial charge is 0.324 e. The lowest BCUT2D eigenvalue weighted by Gasteiger charge is -2.23. The third-order valence-corrected chi connectivity index (χ3v) is 7.12. The lowest BCUT2D eigenvalue weighted by atomic mass is 9.96. The summed E-state index contributed by atoms with van der Waals surface area (Å²) in [6.07, 6.45) is 6.06. The van der Waals surface area contributed by atoms with Crippen LogP contribution in [0.1, 0.15) is 64.4 Å². The summed E-state index contributed by atoms with van der Waals surface area (Å²) in [5, 5.41) is 2.59. The summed E-state index contributed by atoms with van der Waals surface area (Å²) in [6.45, 7) is 3.69. The average Bonchev–Trinajstić information content (AvgIpc) is 2.55. The van der Waals surface area contributed by atoms with Gasteiger partial charge in [-0.1, -0.05) is 44.7 Å². The zero-order valence-electron chi connectivity index (χ0n) is 15.7. The monoisotopic (exact) mass is 402 g/mol. The van der Waals surface area contributed by atoms with Gasteiger partial charge in [-0.05, 0) is 43.9 Å². The van der Waals surface area contributed by atoms with Crippen molar-refractivity contribution in [1.82, 2.24) is 0 Å². The molecule has 0 bridgehead atoms. The summed E-state index contributed by atoms with van der Waals surface area (Å²) >= 11 is 0. The maximum Gasteiger partial charge on any atom is 0.244 e. The standard InChI is InChI=1S/C19H30N2O3S.ClH/c1-3-12-19(2,20)18(22)21-16-9-7-8-15(13-16)14-25(23,24)17-10-5-4-6-11-17;/h7-9,13,17H,3-6,10-12,14,20H2,1-2H3,(H,21,22);1H. The highest BCUT2D eigenvalue weighted by Crippen LogP contribution is 2.26. The second-order valence-electron chi connectivity index (χ2n) is 7.39. The van der Waals surface area contributed by atoms with Crippen molar-refractivity contribution in [2.75, 3.05) is 5.32 Å². The van der Waals surface area contributed by atoms with E-state index in [1.807, 2.05) is 6.92 Å². The molecule has 3 N–H and O–H groups in total. The van der Waals surface area contributed by atoms with Gasteiger partial charge in [-0.2, -0.15) is 0 Å². The van der Waals surface area contributed by atoms with E-state index in [1.165, 1.54) is 0 Å². The van der Waals surface area contributed by atoms with Crippen molar-refractivity contribution in [2.24, 2.45) is 5.73 Å². The molecule has 1 atom stereocenters. The lowest BCUT2D eigenvalue weighted by Crippen LogP contribution is -2.48. The van der Waals surface area contributed by atoms with Crippen molar-refractivity contribution < 1.29 is 13.2 Å². The van der Waals surface area contributed by atoms with Crippen molar-refractivity contribution in [3.8, 4) is 0 Å². The maximum atomic E-state index is 12.6. The Morgan fingerprint density at radius 3 is 2.54 bits per heavy atom. The van der Waals surface area contributed by atoms with Gasteiger partial charge in [0.05, 0.1) is 16.5 Å². The van der Waals surface area contributed by atoms with Crippen LogP contribution in [0.25, 0.3) is 0 Å². The number of halogens is 1. The number of amides is 1. The van der Waals surface area contributed by atoms with Gasteiger partial charge >= 0.3 is 0 Å². The van der Waals surface area contributed by atoms with E-state index >= 15 is 0 Å². The van der Waals surface area contributed by atoms with Gasteiger partial charge < -0.3 is 11.1 Å². The topological polar surface area (TPSA) is 89.3 Å². The van der Waals surface area contributed by atoms with E-state index in [0.717, 1.165) is 38.5 Å². The fourth-order valence-corrected chi connectivity index (χ4v) is 5.35. The normalized spacial score (nSPS) is 17.8. The second-order valence-corrected chi connectivity index (χ2v) is 9.67. The van der Waals surface area contributed by atoms with Crippen molar-refractivity contribution in [3.63, 3.8) is 0 Å². The van der Waals surface area contributed by atoms with Crippen molar-refractivity contribution in [1.29, 1.82) is 0 Å². The summed E-state index contributed by atoms with van der Waals surface area (Å²) in [5.74, 6) is -0.224. The number of carbonyl (C=O) groups is 1. The Morgan fingerprint density at radius 1 is 1.27 bits per heavy atom. The van der Waals surface area contributed by atoms with Crippen LogP contribution in [0.4, 0.5) is 5.69 Å². The van der Waals surface area contributed by atoms with Crippen LogP contribution < -0.4 is 11.1 Å². The summed E-state index contributed by atoms with van der Waals surface area (Å²) in [5.41, 5.74) is 6.41. The molecule has 0 aromatic heterocycles. The molecule has 0 heterocycles. The molecule has 1 amide bonds. The lowest BCUT2D eigenvalue weighted by molar-refractivity contribution is -0.120. The number of nitrogens with one attached hydrogen (secondary N) is 1. The Balaban J connectivity index is 0.00000338. The van der Waals surface area contributed by atoms with Crippen LogP contribution in [0.15, 0.2) is 24.3 Å². The Morgan fingerprint density at radius 2 is 1.92 bits per heavy atom. The highest BCUT2D eigenvalue weighted by molar-refractivity contribution is 7.91. The molecule has 1 aromatic carbocycles. The third kappa shape index (κ3) is 6.25. The van der Waals surface area contributed by atoms with Gasteiger partial charge in [0.1, 0.15) is 0 Å². The summed E-state index contributed by atoms with van der Waals surface area (Å²) in [4.78, 5) is 12.3. The van der Waals surface area contributed by atoms with Gasteiger partial charge in [0.25, 0.3) is 0 Å². The first-order valence-electron chi connectivity index (χ1n) is 9.15. The summed E-state index contributed by atoms with van der Waals surface area (Å²) in [7, 11) is -3.16. The Bertz CT molecular complexity index is 698. The number of hydrogen-bond acceptors (Lipinski definition) is 4. The Hall–Kier alpha value is -1.11. The van der Waals surface area contributed by atoms with E-state index < -0.39 is 15.4 Å². The van der Waals surface area contributed by atoms with E-state index in [1.54, 1.807) is 31.2 Å². The van der Waals surface area contributed by atoms with Gasteiger partial charge in [0.2, 0.25) is 5.91 Å².